The molecule has 4 heteroatoms. The Hall–Kier alpha value is -1.39. The number of rotatable bonds is 2. The maximum absolute atomic E-state index is 12.9. The Morgan fingerprint density at radius 2 is 1.90 bits per heavy atom. The second-order valence-electron chi connectivity index (χ2n) is 6.10. The first-order chi connectivity index (χ1) is 9.45. The van der Waals surface area contributed by atoms with Crippen LogP contribution < -0.4 is 4.90 Å². The summed E-state index contributed by atoms with van der Waals surface area (Å²) in [5.74, 6) is -0.877. The van der Waals surface area contributed by atoms with Gasteiger partial charge in [0.05, 0.1) is 18.9 Å². The number of aryl methyl sites for hydroxylation is 2. The van der Waals surface area contributed by atoms with Crippen molar-refractivity contribution >= 4 is 11.6 Å². The summed E-state index contributed by atoms with van der Waals surface area (Å²) in [4.78, 5) is 14.7. The third-order valence-electron chi connectivity index (χ3n) is 3.84. The summed E-state index contributed by atoms with van der Waals surface area (Å²) in [6.45, 7) is 9.91. The van der Waals surface area contributed by atoms with Crippen LogP contribution in [-0.4, -0.2) is 25.7 Å². The van der Waals surface area contributed by atoms with E-state index in [1.165, 1.54) is 0 Å². The molecule has 1 saturated heterocycles. The van der Waals surface area contributed by atoms with E-state index in [1.54, 1.807) is 0 Å². The van der Waals surface area contributed by atoms with E-state index in [4.69, 9.17) is 9.47 Å². The van der Waals surface area contributed by atoms with E-state index >= 15 is 0 Å². The number of anilines is 1. The van der Waals surface area contributed by atoms with E-state index in [0.717, 1.165) is 22.4 Å². The molecule has 0 radical (unpaired) electrons. The minimum absolute atomic E-state index is 0.0765. The van der Waals surface area contributed by atoms with Gasteiger partial charge in [-0.25, -0.2) is 0 Å². The number of benzene rings is 1. The molecular weight excluding hydrogens is 254 g/mol. The van der Waals surface area contributed by atoms with Crippen molar-refractivity contribution in [3.8, 4) is 0 Å². The van der Waals surface area contributed by atoms with E-state index in [0.29, 0.717) is 25.7 Å². The Kier molecular flexibility index (Phi) is 3.10. The molecule has 2 aliphatic rings. The molecule has 2 heterocycles. The average molecular weight is 275 g/mol. The SMILES string of the molecule is Cc1cc(C)c2c(c1)C1(OCCO1)C(=O)N2CC(C)C. The minimum atomic E-state index is -1.19. The molecular formula is C16H21NO3. The summed E-state index contributed by atoms with van der Waals surface area (Å²) in [6, 6.07) is 4.12. The number of carbonyl (C=O) groups is 1. The number of fused-ring (bicyclic) bond motifs is 2. The van der Waals surface area contributed by atoms with E-state index in [-0.39, 0.29) is 5.91 Å². The first kappa shape index (κ1) is 13.6. The van der Waals surface area contributed by atoms with Crippen molar-refractivity contribution in [1.82, 2.24) is 0 Å². The Balaban J connectivity index is 2.18. The number of amides is 1. The van der Waals surface area contributed by atoms with Crippen LogP contribution >= 0.6 is 0 Å². The monoisotopic (exact) mass is 275 g/mol. The predicted molar refractivity (Wildman–Crippen MR) is 76.7 cm³/mol. The van der Waals surface area contributed by atoms with E-state index in [9.17, 15) is 4.79 Å². The van der Waals surface area contributed by atoms with Gasteiger partial charge in [-0.3, -0.25) is 4.79 Å². The van der Waals surface area contributed by atoms with E-state index in [2.05, 4.69) is 19.9 Å². The van der Waals surface area contributed by atoms with Crippen LogP contribution in [0.5, 0.6) is 0 Å². The van der Waals surface area contributed by atoms with Gasteiger partial charge in [-0.15, -0.1) is 0 Å². The molecule has 0 atom stereocenters. The molecule has 2 aliphatic heterocycles. The molecule has 0 unspecified atom stereocenters. The molecule has 0 aliphatic carbocycles. The molecule has 0 bridgehead atoms. The predicted octanol–water partition coefficient (Wildman–Crippen LogP) is 2.51. The molecule has 20 heavy (non-hydrogen) atoms. The first-order valence-electron chi connectivity index (χ1n) is 7.17. The highest BCUT2D eigenvalue weighted by Gasteiger charge is 2.56. The number of ether oxygens (including phenoxy) is 2. The molecule has 1 spiro atoms. The zero-order valence-electron chi connectivity index (χ0n) is 12.5. The number of hydrogen-bond acceptors (Lipinski definition) is 3. The maximum Gasteiger partial charge on any atom is 0.292 e. The summed E-state index contributed by atoms with van der Waals surface area (Å²) in [7, 11) is 0. The quantitative estimate of drug-likeness (QED) is 0.832. The Labute approximate surface area is 119 Å². The van der Waals surface area contributed by atoms with Gasteiger partial charge in [-0.2, -0.15) is 0 Å². The maximum atomic E-state index is 12.9. The van der Waals surface area contributed by atoms with Crippen LogP contribution in [-0.2, 0) is 20.1 Å². The van der Waals surface area contributed by atoms with Crippen molar-refractivity contribution in [1.29, 1.82) is 0 Å². The second-order valence-corrected chi connectivity index (χ2v) is 6.10. The summed E-state index contributed by atoms with van der Waals surface area (Å²) in [5.41, 5.74) is 4.07. The number of nitrogens with zero attached hydrogens (tertiary/aromatic N) is 1. The molecule has 0 saturated carbocycles. The summed E-state index contributed by atoms with van der Waals surface area (Å²) in [5, 5.41) is 0. The summed E-state index contributed by atoms with van der Waals surface area (Å²) < 4.78 is 11.5. The van der Waals surface area contributed by atoms with Crippen LogP contribution in [0.2, 0.25) is 0 Å². The number of hydrogen-bond donors (Lipinski definition) is 0. The highest BCUT2D eigenvalue weighted by Crippen LogP contribution is 2.47. The van der Waals surface area contributed by atoms with Crippen LogP contribution in [0, 0.1) is 19.8 Å². The van der Waals surface area contributed by atoms with E-state index in [1.807, 2.05) is 24.8 Å². The zero-order chi connectivity index (χ0) is 14.5. The van der Waals surface area contributed by atoms with E-state index < -0.39 is 5.79 Å². The highest BCUT2D eigenvalue weighted by atomic mass is 16.7. The fourth-order valence-corrected chi connectivity index (χ4v) is 3.19. The Bertz CT molecular complexity index is 559. The Morgan fingerprint density at radius 3 is 2.50 bits per heavy atom. The van der Waals surface area contributed by atoms with Gasteiger partial charge in [0, 0.05) is 12.1 Å². The molecule has 1 fully saturated rings. The molecule has 0 N–H and O–H groups in total. The van der Waals surface area contributed by atoms with Crippen molar-refractivity contribution in [3.05, 3.63) is 28.8 Å². The van der Waals surface area contributed by atoms with Gasteiger partial charge in [0.25, 0.3) is 11.7 Å². The van der Waals surface area contributed by atoms with Crippen LogP contribution in [0.3, 0.4) is 0 Å². The largest absolute Gasteiger partial charge is 0.336 e. The van der Waals surface area contributed by atoms with Gasteiger partial charge in [0.1, 0.15) is 0 Å². The fraction of sp³-hybridized carbons (Fsp3) is 0.562. The molecule has 1 aromatic carbocycles. The minimum Gasteiger partial charge on any atom is -0.336 e. The van der Waals surface area contributed by atoms with Crippen molar-refractivity contribution in [3.63, 3.8) is 0 Å². The topological polar surface area (TPSA) is 38.8 Å². The van der Waals surface area contributed by atoms with Gasteiger partial charge < -0.3 is 14.4 Å². The second kappa shape index (κ2) is 4.57. The molecule has 3 rings (SSSR count). The van der Waals surface area contributed by atoms with Gasteiger partial charge in [0.2, 0.25) is 0 Å². The fourth-order valence-electron chi connectivity index (χ4n) is 3.19. The smallest absolute Gasteiger partial charge is 0.292 e. The average Bonchev–Trinajstić information content (AvgIpc) is 2.91. The van der Waals surface area contributed by atoms with Gasteiger partial charge in [0.15, 0.2) is 0 Å². The lowest BCUT2D eigenvalue weighted by Gasteiger charge is -2.23. The van der Waals surface area contributed by atoms with Crippen molar-refractivity contribution < 1.29 is 14.3 Å². The molecule has 0 aromatic heterocycles. The van der Waals surface area contributed by atoms with Crippen LogP contribution in [0.4, 0.5) is 5.69 Å². The van der Waals surface area contributed by atoms with Crippen molar-refractivity contribution in [2.24, 2.45) is 5.92 Å². The van der Waals surface area contributed by atoms with Gasteiger partial charge in [-0.05, 0) is 31.4 Å². The van der Waals surface area contributed by atoms with Gasteiger partial charge >= 0.3 is 0 Å². The van der Waals surface area contributed by atoms with Crippen LogP contribution in [0.15, 0.2) is 12.1 Å². The lowest BCUT2D eigenvalue weighted by Crippen LogP contribution is -2.42. The third kappa shape index (κ3) is 1.79. The molecule has 1 amide bonds. The molecule has 108 valence electrons. The molecule has 1 aromatic rings. The first-order valence-corrected chi connectivity index (χ1v) is 7.17. The highest BCUT2D eigenvalue weighted by molar-refractivity contribution is 6.07. The standard InChI is InChI=1S/C16H21NO3/c1-10(2)9-17-14-12(4)7-11(3)8-13(14)16(15(17)18)19-5-6-20-16/h7-8,10H,5-6,9H2,1-4H3. The third-order valence-corrected chi connectivity index (χ3v) is 3.84. The van der Waals surface area contributed by atoms with Gasteiger partial charge in [-0.1, -0.05) is 25.5 Å². The van der Waals surface area contributed by atoms with Crippen LogP contribution in [0.25, 0.3) is 0 Å². The van der Waals surface area contributed by atoms with Crippen molar-refractivity contribution in [2.75, 3.05) is 24.7 Å². The lowest BCUT2D eigenvalue weighted by molar-refractivity contribution is -0.180. The van der Waals surface area contributed by atoms with Crippen LogP contribution in [0.1, 0.15) is 30.5 Å². The lowest BCUT2D eigenvalue weighted by atomic mass is 10.0. The van der Waals surface area contributed by atoms with Crippen molar-refractivity contribution in [2.45, 2.75) is 33.5 Å². The zero-order valence-corrected chi connectivity index (χ0v) is 12.5. The number of carbonyl (C=O) groups excluding carboxylic acids is 1. The Morgan fingerprint density at radius 1 is 1.25 bits per heavy atom. The normalized spacial score (nSPS) is 20.2. The summed E-state index contributed by atoms with van der Waals surface area (Å²) >= 11 is 0. The summed E-state index contributed by atoms with van der Waals surface area (Å²) in [6.07, 6.45) is 0. The molecule has 4 nitrogen and oxygen atoms in total.